The number of benzene rings is 1. The van der Waals surface area contributed by atoms with Crippen LogP contribution in [0.1, 0.15) is 23.6 Å². The summed E-state index contributed by atoms with van der Waals surface area (Å²) in [6.07, 6.45) is 3.88. The highest BCUT2D eigenvalue weighted by molar-refractivity contribution is 5.50. The summed E-state index contributed by atoms with van der Waals surface area (Å²) in [5.41, 5.74) is 3.62. The summed E-state index contributed by atoms with van der Waals surface area (Å²) < 4.78 is 16.3. The summed E-state index contributed by atoms with van der Waals surface area (Å²) in [6, 6.07) is 4.46. The molecule has 1 unspecified atom stereocenters. The van der Waals surface area contributed by atoms with E-state index in [1.807, 2.05) is 6.08 Å². The molecule has 0 amide bonds. The zero-order valence-corrected chi connectivity index (χ0v) is 12.8. The summed E-state index contributed by atoms with van der Waals surface area (Å²) >= 11 is 0. The van der Waals surface area contributed by atoms with Crippen molar-refractivity contribution in [2.45, 2.75) is 18.9 Å². The highest BCUT2D eigenvalue weighted by Gasteiger charge is 2.33. The van der Waals surface area contributed by atoms with E-state index in [0.29, 0.717) is 0 Å². The Balaban J connectivity index is 2.05. The molecule has 0 aliphatic carbocycles. The fourth-order valence-corrected chi connectivity index (χ4v) is 3.25. The summed E-state index contributed by atoms with van der Waals surface area (Å²) in [5.74, 6) is 2.54. The average Bonchev–Trinajstić information content (AvgIpc) is 2.52. The van der Waals surface area contributed by atoms with Gasteiger partial charge in [-0.05, 0) is 35.8 Å². The van der Waals surface area contributed by atoms with E-state index in [1.165, 1.54) is 11.1 Å². The second-order valence-corrected chi connectivity index (χ2v) is 5.38. The number of ether oxygens (including phenoxy) is 3. The highest BCUT2D eigenvalue weighted by atomic mass is 16.5. The van der Waals surface area contributed by atoms with Gasteiger partial charge in [-0.3, -0.25) is 0 Å². The van der Waals surface area contributed by atoms with Crippen LogP contribution in [0.5, 0.6) is 11.5 Å². The van der Waals surface area contributed by atoms with Crippen molar-refractivity contribution < 1.29 is 14.2 Å². The summed E-state index contributed by atoms with van der Waals surface area (Å²) in [4.78, 5) is 2.34. The molecule has 112 valence electrons. The van der Waals surface area contributed by atoms with Crippen molar-refractivity contribution >= 4 is 0 Å². The molecule has 0 radical (unpaired) electrons. The fraction of sp³-hybridized carbons (Fsp3) is 0.412. The molecule has 0 aromatic heterocycles. The Kier molecular flexibility index (Phi) is 3.53. The Labute approximate surface area is 125 Å². The van der Waals surface area contributed by atoms with Crippen LogP contribution in [-0.4, -0.2) is 32.8 Å². The van der Waals surface area contributed by atoms with Gasteiger partial charge < -0.3 is 19.1 Å². The van der Waals surface area contributed by atoms with Gasteiger partial charge >= 0.3 is 0 Å². The van der Waals surface area contributed by atoms with E-state index in [4.69, 9.17) is 14.2 Å². The van der Waals surface area contributed by atoms with Gasteiger partial charge in [0.15, 0.2) is 11.5 Å². The van der Waals surface area contributed by atoms with Crippen LogP contribution in [0.25, 0.3) is 0 Å². The summed E-state index contributed by atoms with van der Waals surface area (Å²) in [6.45, 7) is 5.13. The van der Waals surface area contributed by atoms with Crippen LogP contribution in [-0.2, 0) is 11.2 Å². The molecule has 1 aromatic carbocycles. The maximum Gasteiger partial charge on any atom is 0.161 e. The molecule has 4 heteroatoms. The van der Waals surface area contributed by atoms with Crippen LogP contribution in [0.3, 0.4) is 0 Å². The van der Waals surface area contributed by atoms with E-state index < -0.39 is 0 Å². The fourth-order valence-electron chi connectivity index (χ4n) is 3.25. The first-order chi connectivity index (χ1) is 10.2. The van der Waals surface area contributed by atoms with Crippen LogP contribution in [0, 0.1) is 0 Å². The van der Waals surface area contributed by atoms with Crippen molar-refractivity contribution in [3.8, 4) is 11.5 Å². The van der Waals surface area contributed by atoms with Crippen LogP contribution in [0.4, 0.5) is 0 Å². The van der Waals surface area contributed by atoms with Gasteiger partial charge in [-0.2, -0.15) is 0 Å². The number of fused-ring (bicyclic) bond motifs is 3. The van der Waals surface area contributed by atoms with Crippen molar-refractivity contribution in [1.29, 1.82) is 0 Å². The molecule has 0 saturated heterocycles. The maximum atomic E-state index is 5.45. The van der Waals surface area contributed by atoms with Gasteiger partial charge in [0.2, 0.25) is 0 Å². The van der Waals surface area contributed by atoms with E-state index in [1.54, 1.807) is 21.3 Å². The molecule has 1 aromatic rings. The normalized spacial score (nSPS) is 20.3. The summed E-state index contributed by atoms with van der Waals surface area (Å²) in [5, 5.41) is 0. The largest absolute Gasteiger partial charge is 0.501 e. The highest BCUT2D eigenvalue weighted by Crippen LogP contribution is 2.43. The van der Waals surface area contributed by atoms with Crippen LogP contribution < -0.4 is 9.47 Å². The number of nitrogens with zero attached hydrogens (tertiary/aromatic N) is 1. The molecule has 4 nitrogen and oxygen atoms in total. The van der Waals surface area contributed by atoms with Crippen molar-refractivity contribution in [1.82, 2.24) is 4.90 Å². The lowest BCUT2D eigenvalue weighted by atomic mass is 9.87. The van der Waals surface area contributed by atoms with Crippen LogP contribution >= 0.6 is 0 Å². The number of hydrogen-bond donors (Lipinski definition) is 0. The first-order valence-electron chi connectivity index (χ1n) is 7.12. The predicted molar refractivity (Wildman–Crippen MR) is 81.5 cm³/mol. The molecule has 0 N–H and O–H groups in total. The van der Waals surface area contributed by atoms with E-state index in [0.717, 1.165) is 42.3 Å². The molecule has 3 rings (SSSR count). The van der Waals surface area contributed by atoms with Crippen molar-refractivity contribution in [2.75, 3.05) is 27.9 Å². The first-order valence-corrected chi connectivity index (χ1v) is 7.12. The van der Waals surface area contributed by atoms with Gasteiger partial charge in [0.05, 0.1) is 33.1 Å². The minimum atomic E-state index is 0.265. The Morgan fingerprint density at radius 3 is 2.48 bits per heavy atom. The van der Waals surface area contributed by atoms with Crippen LogP contribution in [0.2, 0.25) is 0 Å². The SMILES string of the molecule is C=C1C=C(OC)CC2c3cc(OC)c(OC)cc3CCN12. The number of hydrogen-bond acceptors (Lipinski definition) is 4. The Morgan fingerprint density at radius 2 is 1.81 bits per heavy atom. The lowest BCUT2D eigenvalue weighted by Crippen LogP contribution is -2.36. The second-order valence-electron chi connectivity index (χ2n) is 5.38. The van der Waals surface area contributed by atoms with Crippen molar-refractivity contribution in [3.05, 3.63) is 47.4 Å². The van der Waals surface area contributed by atoms with Gasteiger partial charge in [-0.1, -0.05) is 6.58 Å². The predicted octanol–water partition coefficient (Wildman–Crippen LogP) is 3.05. The zero-order valence-electron chi connectivity index (χ0n) is 12.8. The third-order valence-electron chi connectivity index (χ3n) is 4.36. The molecule has 0 saturated carbocycles. The molecule has 2 aliphatic heterocycles. The molecule has 0 bridgehead atoms. The lowest BCUT2D eigenvalue weighted by molar-refractivity contribution is 0.182. The van der Waals surface area contributed by atoms with Crippen molar-refractivity contribution in [3.63, 3.8) is 0 Å². The molecule has 1 atom stereocenters. The third-order valence-corrected chi connectivity index (χ3v) is 4.36. The quantitative estimate of drug-likeness (QED) is 0.855. The van der Waals surface area contributed by atoms with E-state index in [9.17, 15) is 0 Å². The van der Waals surface area contributed by atoms with Gasteiger partial charge in [0, 0.05) is 18.7 Å². The minimum Gasteiger partial charge on any atom is -0.501 e. The standard InChI is InChI=1S/C17H21NO3/c1-11-7-13(19-2)9-15-14-10-17(21-4)16(20-3)8-12(14)5-6-18(11)15/h7-8,10,15H,1,5-6,9H2,2-4H3. The third kappa shape index (κ3) is 2.24. The molecule has 0 spiro atoms. The molecular formula is C17H21NO3. The number of allylic oxidation sites excluding steroid dienone is 1. The van der Waals surface area contributed by atoms with E-state index in [2.05, 4.69) is 23.6 Å². The Hall–Kier alpha value is -2.10. The molecule has 0 fully saturated rings. The summed E-state index contributed by atoms with van der Waals surface area (Å²) in [7, 11) is 5.06. The van der Waals surface area contributed by atoms with Crippen LogP contribution in [0.15, 0.2) is 36.2 Å². The van der Waals surface area contributed by atoms with E-state index in [-0.39, 0.29) is 6.04 Å². The monoisotopic (exact) mass is 287 g/mol. The smallest absolute Gasteiger partial charge is 0.161 e. The first kappa shape index (κ1) is 13.9. The Bertz CT molecular complexity index is 606. The van der Waals surface area contributed by atoms with E-state index >= 15 is 0 Å². The Morgan fingerprint density at radius 1 is 1.10 bits per heavy atom. The maximum absolute atomic E-state index is 5.45. The van der Waals surface area contributed by atoms with Crippen molar-refractivity contribution in [2.24, 2.45) is 0 Å². The zero-order chi connectivity index (χ0) is 15.0. The van der Waals surface area contributed by atoms with Gasteiger partial charge in [-0.25, -0.2) is 0 Å². The number of methoxy groups -OCH3 is 3. The molecule has 21 heavy (non-hydrogen) atoms. The molecule has 2 heterocycles. The van der Waals surface area contributed by atoms with Gasteiger partial charge in [-0.15, -0.1) is 0 Å². The second kappa shape index (κ2) is 5.35. The number of rotatable bonds is 3. The average molecular weight is 287 g/mol. The lowest BCUT2D eigenvalue weighted by Gasteiger charge is -2.42. The van der Waals surface area contributed by atoms with Gasteiger partial charge in [0.1, 0.15) is 0 Å². The molecule has 2 aliphatic rings. The molecular weight excluding hydrogens is 266 g/mol. The topological polar surface area (TPSA) is 30.9 Å². The minimum absolute atomic E-state index is 0.265. The van der Waals surface area contributed by atoms with Gasteiger partial charge in [0.25, 0.3) is 0 Å².